The monoisotopic (exact) mass is 436 g/mol. The highest BCUT2D eigenvalue weighted by molar-refractivity contribution is 7.99. The van der Waals surface area contributed by atoms with E-state index in [1.807, 2.05) is 12.1 Å². The molecule has 0 fully saturated rings. The van der Waals surface area contributed by atoms with E-state index >= 15 is 0 Å². The van der Waals surface area contributed by atoms with Crippen molar-refractivity contribution in [1.29, 1.82) is 0 Å². The molecule has 0 saturated carbocycles. The lowest BCUT2D eigenvalue weighted by Crippen LogP contribution is -2.13. The summed E-state index contributed by atoms with van der Waals surface area (Å²) in [5, 5.41) is 10.7. The zero-order valence-electron chi connectivity index (χ0n) is 16.1. The predicted octanol–water partition coefficient (Wildman–Crippen LogP) is 4.95. The van der Waals surface area contributed by atoms with Crippen LogP contribution in [0, 0.1) is 0 Å². The third-order valence-electron chi connectivity index (χ3n) is 4.57. The second-order valence-corrected chi connectivity index (χ2v) is 7.90. The first-order valence-electron chi connectivity index (χ1n) is 9.47. The molecule has 10 heteroatoms. The number of ether oxygens (including phenoxy) is 1. The van der Waals surface area contributed by atoms with Crippen LogP contribution in [0.4, 0.5) is 13.2 Å². The molecule has 0 bridgehead atoms. The summed E-state index contributed by atoms with van der Waals surface area (Å²) < 4.78 is 51.5. The third-order valence-corrected chi connectivity index (χ3v) is 5.37. The molecular formula is C20H19F3N4O2S. The number of rotatable bonds is 7. The zero-order chi connectivity index (χ0) is 21.1. The van der Waals surface area contributed by atoms with Crippen LogP contribution in [0.2, 0.25) is 0 Å². The molecule has 6 nitrogen and oxygen atoms in total. The molecule has 4 rings (SSSR count). The number of furan rings is 1. The van der Waals surface area contributed by atoms with Gasteiger partial charge >= 0.3 is 6.18 Å². The lowest BCUT2D eigenvalue weighted by atomic mass is 10.1. The molecular weight excluding hydrogens is 417 g/mol. The zero-order valence-corrected chi connectivity index (χ0v) is 17.0. The van der Waals surface area contributed by atoms with Crippen molar-refractivity contribution in [1.82, 2.24) is 14.9 Å². The average Bonchev–Trinajstić information content (AvgIpc) is 3.43. The Morgan fingerprint density at radius 3 is 2.83 bits per heavy atom. The van der Waals surface area contributed by atoms with Crippen molar-refractivity contribution in [2.45, 2.75) is 44.1 Å². The largest absolute Gasteiger partial charge is 0.486 e. The third kappa shape index (κ3) is 4.53. The van der Waals surface area contributed by atoms with Crippen LogP contribution in [0.25, 0.3) is 0 Å². The fraction of sp³-hybridized carbons (Fsp3) is 0.350. The van der Waals surface area contributed by atoms with E-state index in [-0.39, 0.29) is 11.8 Å². The summed E-state index contributed by atoms with van der Waals surface area (Å²) in [6.45, 7) is 2.02. The Labute approximate surface area is 175 Å². The summed E-state index contributed by atoms with van der Waals surface area (Å²) in [4.78, 5) is 0. The molecule has 0 aliphatic heterocycles. The molecule has 0 spiro atoms. The van der Waals surface area contributed by atoms with Gasteiger partial charge in [0.15, 0.2) is 0 Å². The van der Waals surface area contributed by atoms with E-state index in [1.54, 1.807) is 19.1 Å². The lowest BCUT2D eigenvalue weighted by molar-refractivity contribution is -0.147. The molecule has 0 radical (unpaired) electrons. The van der Waals surface area contributed by atoms with Gasteiger partial charge in [-0.05, 0) is 60.4 Å². The van der Waals surface area contributed by atoms with Crippen LogP contribution in [0.3, 0.4) is 0 Å². The summed E-state index contributed by atoms with van der Waals surface area (Å²) in [6, 6.07) is 9.39. The highest BCUT2D eigenvalue weighted by Gasteiger charge is 2.39. The van der Waals surface area contributed by atoms with Crippen molar-refractivity contribution in [3.63, 3.8) is 0 Å². The minimum atomic E-state index is -4.66. The Morgan fingerprint density at radius 1 is 1.20 bits per heavy atom. The number of alkyl halides is 3. The number of nitrogens with zero attached hydrogens (tertiary/aromatic N) is 4. The maximum atomic E-state index is 13.1. The van der Waals surface area contributed by atoms with Crippen LogP contribution in [0.5, 0.6) is 5.75 Å². The maximum Gasteiger partial charge on any atom is 0.453 e. The van der Waals surface area contributed by atoms with E-state index in [0.29, 0.717) is 21.9 Å². The van der Waals surface area contributed by atoms with Crippen LogP contribution in [-0.2, 0) is 25.6 Å². The molecule has 1 aliphatic carbocycles. The molecule has 2 heterocycles. The fourth-order valence-electron chi connectivity index (χ4n) is 3.21. The number of thioether (sulfide) groups is 1. The SMILES string of the molecule is CCSc1nnc(C(F)(F)F)n1/N=C/c1ccc(COc2ccc3c(c2)CCC3)o1. The summed E-state index contributed by atoms with van der Waals surface area (Å²) in [5.41, 5.74) is 2.68. The van der Waals surface area contributed by atoms with E-state index in [4.69, 9.17) is 9.15 Å². The molecule has 0 unspecified atom stereocenters. The van der Waals surface area contributed by atoms with Crippen molar-refractivity contribution >= 4 is 18.0 Å². The van der Waals surface area contributed by atoms with Crippen molar-refractivity contribution < 1.29 is 22.3 Å². The minimum Gasteiger partial charge on any atom is -0.486 e. The number of fused-ring (bicyclic) bond motifs is 1. The van der Waals surface area contributed by atoms with Gasteiger partial charge in [0.1, 0.15) is 23.9 Å². The Balaban J connectivity index is 1.44. The van der Waals surface area contributed by atoms with Crippen LogP contribution in [0.1, 0.15) is 41.8 Å². The summed E-state index contributed by atoms with van der Waals surface area (Å²) >= 11 is 1.12. The van der Waals surface area contributed by atoms with Gasteiger partial charge in [-0.15, -0.1) is 10.2 Å². The molecule has 0 amide bonds. The first-order valence-corrected chi connectivity index (χ1v) is 10.5. The highest BCUT2D eigenvalue weighted by Crippen LogP contribution is 2.30. The molecule has 1 aromatic carbocycles. The van der Waals surface area contributed by atoms with Crippen molar-refractivity contribution in [2.24, 2.45) is 5.10 Å². The molecule has 0 saturated heterocycles. The first kappa shape index (κ1) is 20.5. The Kier molecular flexibility index (Phi) is 5.85. The van der Waals surface area contributed by atoms with Gasteiger partial charge in [0.2, 0.25) is 5.16 Å². The van der Waals surface area contributed by atoms with E-state index in [0.717, 1.165) is 30.4 Å². The number of aromatic nitrogens is 3. The van der Waals surface area contributed by atoms with Gasteiger partial charge in [-0.25, -0.2) is 0 Å². The number of aryl methyl sites for hydroxylation is 2. The van der Waals surface area contributed by atoms with Gasteiger partial charge in [-0.2, -0.15) is 22.9 Å². The van der Waals surface area contributed by atoms with Gasteiger partial charge in [-0.3, -0.25) is 0 Å². The van der Waals surface area contributed by atoms with Gasteiger partial charge in [0, 0.05) is 0 Å². The van der Waals surface area contributed by atoms with Gasteiger partial charge in [0.25, 0.3) is 5.82 Å². The Hall–Kier alpha value is -2.75. The summed E-state index contributed by atoms with van der Waals surface area (Å²) in [7, 11) is 0. The van der Waals surface area contributed by atoms with E-state index < -0.39 is 12.0 Å². The molecule has 0 N–H and O–H groups in total. The number of hydrogen-bond donors (Lipinski definition) is 0. The van der Waals surface area contributed by atoms with Crippen LogP contribution in [-0.4, -0.2) is 26.8 Å². The molecule has 2 aromatic heterocycles. The average molecular weight is 436 g/mol. The second kappa shape index (κ2) is 8.55. The number of halogens is 3. The standard InChI is InChI=1S/C20H19F3N4O2S/c1-2-30-19-26-25-18(20(21,22)23)27(19)24-11-16-8-9-17(29-16)12-28-15-7-6-13-4-3-5-14(13)10-15/h6-11H,2-5,12H2,1H3/b24-11+. The quantitative estimate of drug-likeness (QED) is 0.387. The Bertz CT molecular complexity index is 1060. The first-order chi connectivity index (χ1) is 14.4. The fourth-order valence-corrected chi connectivity index (χ4v) is 3.83. The molecule has 3 aromatic rings. The second-order valence-electron chi connectivity index (χ2n) is 6.67. The van der Waals surface area contributed by atoms with Crippen molar-refractivity contribution in [2.75, 3.05) is 5.75 Å². The number of hydrogen-bond acceptors (Lipinski definition) is 6. The summed E-state index contributed by atoms with van der Waals surface area (Å²) in [5.74, 6) is 0.970. The Morgan fingerprint density at radius 2 is 2.03 bits per heavy atom. The topological polar surface area (TPSA) is 65.4 Å². The van der Waals surface area contributed by atoms with Crippen molar-refractivity contribution in [3.05, 3.63) is 58.8 Å². The number of benzene rings is 1. The molecule has 1 aliphatic rings. The van der Waals surface area contributed by atoms with Crippen molar-refractivity contribution in [3.8, 4) is 5.75 Å². The van der Waals surface area contributed by atoms with Gasteiger partial charge in [-0.1, -0.05) is 24.8 Å². The molecule has 0 atom stereocenters. The van der Waals surface area contributed by atoms with Gasteiger partial charge < -0.3 is 9.15 Å². The van der Waals surface area contributed by atoms with Crippen LogP contribution in [0.15, 0.2) is 45.0 Å². The van der Waals surface area contributed by atoms with Gasteiger partial charge in [0.05, 0.1) is 6.21 Å². The normalized spacial score (nSPS) is 13.9. The van der Waals surface area contributed by atoms with E-state index in [1.165, 1.54) is 23.8 Å². The van der Waals surface area contributed by atoms with Crippen LogP contribution < -0.4 is 4.74 Å². The summed E-state index contributed by atoms with van der Waals surface area (Å²) in [6.07, 6.45) is -0.112. The molecule has 30 heavy (non-hydrogen) atoms. The van der Waals surface area contributed by atoms with E-state index in [2.05, 4.69) is 21.4 Å². The predicted molar refractivity (Wildman–Crippen MR) is 106 cm³/mol. The molecule has 158 valence electrons. The minimum absolute atomic E-state index is 0.0628. The highest BCUT2D eigenvalue weighted by atomic mass is 32.2. The van der Waals surface area contributed by atoms with E-state index in [9.17, 15) is 13.2 Å². The lowest BCUT2D eigenvalue weighted by Gasteiger charge is -2.06. The maximum absolute atomic E-state index is 13.1. The smallest absolute Gasteiger partial charge is 0.453 e. The van der Waals surface area contributed by atoms with Crippen LogP contribution >= 0.6 is 11.8 Å².